The molecule has 0 spiro atoms. The zero-order chi connectivity index (χ0) is 18.6. The van der Waals surface area contributed by atoms with Crippen LogP contribution < -0.4 is 14.2 Å². The summed E-state index contributed by atoms with van der Waals surface area (Å²) in [6.45, 7) is 0. The molecule has 25 heavy (non-hydrogen) atoms. The Bertz CT molecular complexity index is 979. The second kappa shape index (κ2) is 7.64. The number of ether oxygens (including phenoxy) is 1. The number of nitrogens with zero attached hydrogens (tertiary/aromatic N) is 1. The first-order chi connectivity index (χ1) is 11.7. The summed E-state index contributed by atoms with van der Waals surface area (Å²) in [5.41, 5.74) is 0.275. The molecule has 2 aromatic rings. The average molecular weight is 386 g/mol. The maximum absolute atomic E-state index is 13.4. The van der Waals surface area contributed by atoms with Gasteiger partial charge in [-0.1, -0.05) is 18.2 Å². The van der Waals surface area contributed by atoms with Gasteiger partial charge in [-0.15, -0.1) is 0 Å². The summed E-state index contributed by atoms with van der Waals surface area (Å²) in [6.07, 6.45) is 2.55. The van der Waals surface area contributed by atoms with Crippen LogP contribution in [0.25, 0.3) is 6.08 Å². The Morgan fingerprint density at radius 1 is 1.20 bits per heavy atom. The minimum atomic E-state index is -4.34. The molecule has 0 heterocycles. The zero-order valence-corrected chi connectivity index (χ0v) is 14.7. The summed E-state index contributed by atoms with van der Waals surface area (Å²) in [5.74, 6) is -0.367. The Hall–Kier alpha value is -2.43. The molecule has 0 aromatic heterocycles. The number of sulfonamides is 1. The second-order valence-electron chi connectivity index (χ2n) is 4.80. The van der Waals surface area contributed by atoms with Crippen molar-refractivity contribution in [2.24, 2.45) is 5.14 Å². The number of hydrogen-bond acceptors (Lipinski definition) is 5. The van der Waals surface area contributed by atoms with Crippen LogP contribution in [0.3, 0.4) is 0 Å². The first kappa shape index (κ1) is 18.9. The second-order valence-corrected chi connectivity index (χ2v) is 7.23. The van der Waals surface area contributed by atoms with E-state index in [4.69, 9.17) is 9.88 Å². The van der Waals surface area contributed by atoms with Crippen LogP contribution >= 0.6 is 0 Å². The van der Waals surface area contributed by atoms with E-state index in [1.165, 1.54) is 13.2 Å². The number of para-hydroxylation sites is 1. The van der Waals surface area contributed by atoms with Crippen LogP contribution in [0.15, 0.2) is 53.6 Å². The van der Waals surface area contributed by atoms with E-state index in [9.17, 15) is 21.2 Å². The lowest BCUT2D eigenvalue weighted by atomic mass is 10.2. The molecule has 0 saturated carbocycles. The van der Waals surface area contributed by atoms with Crippen LogP contribution in [0, 0.1) is 5.82 Å². The van der Waals surface area contributed by atoms with Crippen molar-refractivity contribution in [3.8, 4) is 5.75 Å². The number of thiol groups is 1. The molecular weight excluding hydrogens is 371 g/mol. The molecule has 0 aliphatic heterocycles. The molecule has 10 heteroatoms. The number of halogens is 1. The van der Waals surface area contributed by atoms with Gasteiger partial charge in [-0.05, 0) is 30.3 Å². The van der Waals surface area contributed by atoms with Crippen LogP contribution in [0.2, 0.25) is 0 Å². The van der Waals surface area contributed by atoms with Crippen molar-refractivity contribution in [2.45, 2.75) is 4.90 Å². The van der Waals surface area contributed by atoms with Crippen LogP contribution in [0.4, 0.5) is 10.1 Å². The van der Waals surface area contributed by atoms with Crippen molar-refractivity contribution in [1.82, 2.24) is 0 Å². The Labute approximate surface area is 146 Å². The monoisotopic (exact) mass is 386 g/mol. The summed E-state index contributed by atoms with van der Waals surface area (Å²) >= 11 is 0. The van der Waals surface area contributed by atoms with Gasteiger partial charge < -0.3 is 4.74 Å². The lowest BCUT2D eigenvalue weighted by Crippen LogP contribution is -2.20. The molecule has 0 amide bonds. The van der Waals surface area contributed by atoms with E-state index in [1.807, 2.05) is 0 Å². The fourth-order valence-electron chi connectivity index (χ4n) is 2.08. The Kier molecular flexibility index (Phi) is 5.77. The van der Waals surface area contributed by atoms with Crippen LogP contribution in [0.1, 0.15) is 5.56 Å². The highest BCUT2D eigenvalue weighted by Gasteiger charge is 2.20. The van der Waals surface area contributed by atoms with Gasteiger partial charge in [0.25, 0.3) is 0 Å². The van der Waals surface area contributed by atoms with Crippen molar-refractivity contribution >= 4 is 32.7 Å². The largest absolute Gasteiger partial charge is 0.496 e. The third-order valence-electron chi connectivity index (χ3n) is 3.19. The maximum atomic E-state index is 13.4. The van der Waals surface area contributed by atoms with Crippen molar-refractivity contribution in [3.63, 3.8) is 0 Å². The quantitative estimate of drug-likeness (QED) is 0.732. The highest BCUT2D eigenvalue weighted by Crippen LogP contribution is 2.27. The Balaban J connectivity index is 2.56. The molecule has 0 radical (unpaired) electrons. The molecule has 0 aliphatic rings. The lowest BCUT2D eigenvalue weighted by Gasteiger charge is -2.16. The first-order valence-electron chi connectivity index (χ1n) is 6.81. The number of nitrogens with two attached hydrogens (primary N) is 1. The molecule has 0 atom stereocenters. The van der Waals surface area contributed by atoms with E-state index in [1.54, 1.807) is 24.3 Å². The standard InChI is InChI=1S/C15H15FN2O5S2/c1-23-14-5-3-2-4-11(14)8-9-18(24(19)20)13-7-6-12(16)10-15(13)25(17,21)22/h2-10,24H,1H3,(H2,17,21,22). The summed E-state index contributed by atoms with van der Waals surface area (Å²) in [5, 5.41) is 5.06. The predicted octanol–water partition coefficient (Wildman–Crippen LogP) is 1.49. The minimum absolute atomic E-state index is 0.286. The van der Waals surface area contributed by atoms with Crippen molar-refractivity contribution in [1.29, 1.82) is 0 Å². The van der Waals surface area contributed by atoms with E-state index in [0.29, 0.717) is 21.7 Å². The number of hydrogen-bond donors (Lipinski definition) is 2. The van der Waals surface area contributed by atoms with Gasteiger partial charge in [0, 0.05) is 11.8 Å². The average Bonchev–Trinajstić information content (AvgIpc) is 2.55. The summed E-state index contributed by atoms with van der Waals surface area (Å²) in [6, 6.07) is 9.43. The van der Waals surface area contributed by atoms with Gasteiger partial charge in [0.1, 0.15) is 16.5 Å². The molecule has 2 rings (SSSR count). The summed E-state index contributed by atoms with van der Waals surface area (Å²) < 4.78 is 65.7. The third kappa shape index (κ3) is 4.56. The van der Waals surface area contributed by atoms with Crippen molar-refractivity contribution in [3.05, 3.63) is 60.0 Å². The van der Waals surface area contributed by atoms with Crippen LogP contribution in [0.5, 0.6) is 5.75 Å². The molecule has 2 aromatic carbocycles. The molecule has 7 nitrogen and oxygen atoms in total. The highest BCUT2D eigenvalue weighted by atomic mass is 32.2. The number of rotatable bonds is 6. The minimum Gasteiger partial charge on any atom is -0.496 e. The van der Waals surface area contributed by atoms with Gasteiger partial charge >= 0.3 is 0 Å². The molecule has 0 saturated heterocycles. The van der Waals surface area contributed by atoms with Crippen LogP contribution in [-0.2, 0) is 20.9 Å². The lowest BCUT2D eigenvalue weighted by molar-refractivity contribution is 0.414. The van der Waals surface area contributed by atoms with Gasteiger partial charge in [-0.3, -0.25) is 0 Å². The van der Waals surface area contributed by atoms with Gasteiger partial charge in [0.05, 0.1) is 12.8 Å². The Morgan fingerprint density at radius 2 is 1.88 bits per heavy atom. The highest BCUT2D eigenvalue weighted by molar-refractivity contribution is 7.89. The normalized spacial score (nSPS) is 11.8. The van der Waals surface area contributed by atoms with E-state index in [0.717, 1.165) is 18.3 Å². The third-order valence-corrected chi connectivity index (χ3v) is 4.83. The van der Waals surface area contributed by atoms with E-state index in [2.05, 4.69) is 0 Å². The van der Waals surface area contributed by atoms with E-state index in [-0.39, 0.29) is 5.69 Å². The van der Waals surface area contributed by atoms with Crippen molar-refractivity contribution in [2.75, 3.05) is 11.4 Å². The fourth-order valence-corrected chi connectivity index (χ4v) is 3.41. The van der Waals surface area contributed by atoms with Gasteiger partial charge in [0.15, 0.2) is 0 Å². The zero-order valence-electron chi connectivity index (χ0n) is 13.0. The molecule has 0 fully saturated rings. The topological polar surface area (TPSA) is 107 Å². The molecule has 0 aliphatic carbocycles. The van der Waals surface area contributed by atoms with E-state index < -0.39 is 31.6 Å². The molecule has 134 valence electrons. The van der Waals surface area contributed by atoms with Gasteiger partial charge in [0.2, 0.25) is 20.9 Å². The van der Waals surface area contributed by atoms with E-state index >= 15 is 0 Å². The predicted molar refractivity (Wildman–Crippen MR) is 92.6 cm³/mol. The fraction of sp³-hybridized carbons (Fsp3) is 0.0667. The SMILES string of the molecule is COc1ccccc1C=CN(c1ccc(F)cc1S(N)(=O)=O)[SH](=O)=O. The maximum Gasteiger partial charge on any atom is 0.240 e. The van der Waals surface area contributed by atoms with Crippen LogP contribution in [-0.4, -0.2) is 23.9 Å². The number of primary sulfonamides is 1. The summed E-state index contributed by atoms with van der Waals surface area (Å²) in [4.78, 5) is -0.642. The summed E-state index contributed by atoms with van der Waals surface area (Å²) in [7, 11) is -6.14. The van der Waals surface area contributed by atoms with Crippen molar-refractivity contribution < 1.29 is 26.0 Å². The van der Waals surface area contributed by atoms with Gasteiger partial charge in [-0.2, -0.15) is 0 Å². The molecule has 2 N–H and O–H groups in total. The van der Waals surface area contributed by atoms with Gasteiger partial charge in [-0.25, -0.2) is 30.7 Å². The molecule has 0 unspecified atom stereocenters. The molecule has 0 bridgehead atoms. The first-order valence-corrected chi connectivity index (χ1v) is 9.49. The number of anilines is 1. The Morgan fingerprint density at radius 3 is 2.48 bits per heavy atom. The number of methoxy groups -OCH3 is 1. The smallest absolute Gasteiger partial charge is 0.240 e. The number of benzene rings is 2. The molecular formula is C15H15FN2O5S2.